The number of aromatic nitrogens is 2. The van der Waals surface area contributed by atoms with E-state index in [1.54, 1.807) is 6.20 Å². The normalized spacial score (nSPS) is 13.5. The maximum atomic E-state index is 5.88. The number of aryl methyl sites for hydroxylation is 1. The van der Waals surface area contributed by atoms with E-state index in [1.165, 1.54) is 10.9 Å². The summed E-state index contributed by atoms with van der Waals surface area (Å²) in [5.74, 6) is 0. The van der Waals surface area contributed by atoms with Gasteiger partial charge in [0.25, 0.3) is 0 Å². The van der Waals surface area contributed by atoms with Crippen molar-refractivity contribution in [3.05, 3.63) is 29.7 Å². The van der Waals surface area contributed by atoms with Gasteiger partial charge in [-0.05, 0) is 25.5 Å². The highest BCUT2D eigenvalue weighted by Crippen LogP contribution is 2.25. The average Bonchev–Trinajstić information content (AvgIpc) is 2.39. The molecule has 0 radical (unpaired) electrons. The molecule has 1 unspecified atom stereocenters. The molecule has 0 amide bonds. The van der Waals surface area contributed by atoms with Gasteiger partial charge in [0.1, 0.15) is 0 Å². The number of rotatable bonds is 1. The van der Waals surface area contributed by atoms with Crippen molar-refractivity contribution in [1.82, 2.24) is 9.97 Å². The lowest BCUT2D eigenvalue weighted by molar-refractivity contribution is 0.817. The Balaban J connectivity index is 2.78. The smallest absolute Gasteiger partial charge is 0.0645 e. The number of fused-ring (bicyclic) bond motifs is 1. The Hall–Kier alpha value is -1.35. The van der Waals surface area contributed by atoms with Gasteiger partial charge in [0.05, 0.1) is 11.7 Å². The Morgan fingerprint density at radius 3 is 3.00 bits per heavy atom. The van der Waals surface area contributed by atoms with Crippen molar-refractivity contribution in [2.75, 3.05) is 0 Å². The van der Waals surface area contributed by atoms with Crippen LogP contribution in [0.15, 0.2) is 18.5 Å². The molecule has 2 heterocycles. The summed E-state index contributed by atoms with van der Waals surface area (Å²) in [7, 11) is 0. The maximum absolute atomic E-state index is 5.88. The summed E-state index contributed by atoms with van der Waals surface area (Å²) in [6.07, 6.45) is 3.62. The van der Waals surface area contributed by atoms with Crippen LogP contribution in [-0.4, -0.2) is 9.97 Å². The number of nitrogens with two attached hydrogens (primary N) is 1. The second-order valence-electron chi connectivity index (χ2n) is 3.37. The predicted molar refractivity (Wildman–Crippen MR) is 53.4 cm³/mol. The highest BCUT2D eigenvalue weighted by molar-refractivity contribution is 5.84. The van der Waals surface area contributed by atoms with Crippen LogP contribution in [0.1, 0.15) is 24.2 Å². The molecule has 0 aromatic carbocycles. The molecule has 3 heteroatoms. The lowest BCUT2D eigenvalue weighted by Gasteiger charge is -2.04. The third kappa shape index (κ3) is 1.21. The summed E-state index contributed by atoms with van der Waals surface area (Å²) in [6, 6.07) is 2.06. The van der Waals surface area contributed by atoms with E-state index < -0.39 is 0 Å². The van der Waals surface area contributed by atoms with E-state index in [0.717, 1.165) is 11.2 Å². The van der Waals surface area contributed by atoms with Gasteiger partial charge in [-0.25, -0.2) is 0 Å². The van der Waals surface area contributed by atoms with Crippen LogP contribution in [0.4, 0.5) is 0 Å². The average molecular weight is 175 g/mol. The van der Waals surface area contributed by atoms with Crippen LogP contribution in [0.5, 0.6) is 0 Å². The summed E-state index contributed by atoms with van der Waals surface area (Å²) in [4.78, 5) is 7.32. The van der Waals surface area contributed by atoms with Gasteiger partial charge in [0, 0.05) is 23.3 Å². The molecule has 2 aromatic rings. The zero-order valence-corrected chi connectivity index (χ0v) is 7.83. The third-order valence-electron chi connectivity index (χ3n) is 2.29. The summed E-state index contributed by atoms with van der Waals surface area (Å²) < 4.78 is 0. The lowest BCUT2D eigenvalue weighted by Crippen LogP contribution is -2.05. The van der Waals surface area contributed by atoms with E-state index in [0.29, 0.717) is 0 Å². The molecule has 3 nitrogen and oxygen atoms in total. The second-order valence-corrected chi connectivity index (χ2v) is 3.37. The van der Waals surface area contributed by atoms with E-state index in [4.69, 9.17) is 5.73 Å². The number of hydrogen-bond donors (Lipinski definition) is 2. The summed E-state index contributed by atoms with van der Waals surface area (Å²) in [6.45, 7) is 4.04. The number of pyridine rings is 1. The van der Waals surface area contributed by atoms with Crippen LogP contribution in [0.25, 0.3) is 10.9 Å². The first-order valence-electron chi connectivity index (χ1n) is 4.38. The quantitative estimate of drug-likeness (QED) is 0.695. The van der Waals surface area contributed by atoms with Crippen LogP contribution in [-0.2, 0) is 0 Å². The van der Waals surface area contributed by atoms with Crippen molar-refractivity contribution in [3.63, 3.8) is 0 Å². The van der Waals surface area contributed by atoms with Crippen molar-refractivity contribution in [3.8, 4) is 0 Å². The van der Waals surface area contributed by atoms with E-state index in [9.17, 15) is 0 Å². The Labute approximate surface area is 77.0 Å². The lowest BCUT2D eigenvalue weighted by atomic mass is 10.1. The minimum atomic E-state index is 0.0659. The van der Waals surface area contributed by atoms with Crippen LogP contribution in [0, 0.1) is 6.92 Å². The molecule has 2 rings (SSSR count). The van der Waals surface area contributed by atoms with Gasteiger partial charge in [-0.15, -0.1) is 0 Å². The van der Waals surface area contributed by atoms with E-state index in [1.807, 2.05) is 26.1 Å². The molecule has 0 spiro atoms. The van der Waals surface area contributed by atoms with Crippen molar-refractivity contribution >= 4 is 10.9 Å². The molecule has 0 aliphatic rings. The number of nitrogens with zero attached hydrogens (tertiary/aromatic N) is 1. The van der Waals surface area contributed by atoms with Crippen molar-refractivity contribution in [2.45, 2.75) is 19.9 Å². The molecule has 2 aromatic heterocycles. The molecule has 0 saturated carbocycles. The van der Waals surface area contributed by atoms with Gasteiger partial charge in [0.15, 0.2) is 0 Å². The number of H-pyrrole nitrogens is 1. The Kier molecular flexibility index (Phi) is 1.81. The molecule has 0 saturated heterocycles. The maximum Gasteiger partial charge on any atom is 0.0645 e. The van der Waals surface area contributed by atoms with Crippen molar-refractivity contribution in [2.24, 2.45) is 5.73 Å². The molecule has 1 atom stereocenters. The van der Waals surface area contributed by atoms with Gasteiger partial charge in [0.2, 0.25) is 0 Å². The van der Waals surface area contributed by atoms with Crippen LogP contribution >= 0.6 is 0 Å². The van der Waals surface area contributed by atoms with E-state index in [-0.39, 0.29) is 6.04 Å². The van der Waals surface area contributed by atoms with E-state index in [2.05, 4.69) is 9.97 Å². The highest BCUT2D eigenvalue weighted by atomic mass is 14.8. The van der Waals surface area contributed by atoms with Gasteiger partial charge >= 0.3 is 0 Å². The first-order valence-corrected chi connectivity index (χ1v) is 4.38. The third-order valence-corrected chi connectivity index (χ3v) is 2.29. The summed E-state index contributed by atoms with van der Waals surface area (Å²) in [5.41, 5.74) is 9.28. The monoisotopic (exact) mass is 175 g/mol. The standard InChI is InChI=1S/C10H13N3/c1-6(11)10-7(2)13-9-5-12-4-3-8(9)10/h3-6,13H,11H2,1-2H3. The Bertz CT molecular complexity index is 429. The highest BCUT2D eigenvalue weighted by Gasteiger charge is 2.10. The molecule has 0 fully saturated rings. The first kappa shape index (κ1) is 8.26. The molecule has 0 aliphatic carbocycles. The van der Waals surface area contributed by atoms with Crippen LogP contribution < -0.4 is 5.73 Å². The Morgan fingerprint density at radius 2 is 2.31 bits per heavy atom. The SMILES string of the molecule is Cc1[nH]c2cnccc2c1C(C)N. The zero-order valence-electron chi connectivity index (χ0n) is 7.83. The number of nitrogens with one attached hydrogen (secondary N) is 1. The fraction of sp³-hybridized carbons (Fsp3) is 0.300. The summed E-state index contributed by atoms with van der Waals surface area (Å²) >= 11 is 0. The van der Waals surface area contributed by atoms with Crippen LogP contribution in [0.3, 0.4) is 0 Å². The van der Waals surface area contributed by atoms with Gasteiger partial charge in [-0.1, -0.05) is 0 Å². The predicted octanol–water partition coefficient (Wildman–Crippen LogP) is 1.89. The second kappa shape index (κ2) is 2.85. The molecular formula is C10H13N3. The minimum absolute atomic E-state index is 0.0659. The van der Waals surface area contributed by atoms with Gasteiger partial charge < -0.3 is 10.7 Å². The molecule has 0 aliphatic heterocycles. The molecule has 3 N–H and O–H groups in total. The summed E-state index contributed by atoms with van der Waals surface area (Å²) in [5, 5.41) is 1.18. The minimum Gasteiger partial charge on any atom is -0.357 e. The molecule has 13 heavy (non-hydrogen) atoms. The Morgan fingerprint density at radius 1 is 1.54 bits per heavy atom. The van der Waals surface area contributed by atoms with Crippen LogP contribution in [0.2, 0.25) is 0 Å². The van der Waals surface area contributed by atoms with Crippen molar-refractivity contribution in [1.29, 1.82) is 0 Å². The molecule has 68 valence electrons. The fourth-order valence-electron chi connectivity index (χ4n) is 1.79. The fourth-order valence-corrected chi connectivity index (χ4v) is 1.79. The van der Waals surface area contributed by atoms with Gasteiger partial charge in [-0.3, -0.25) is 4.98 Å². The van der Waals surface area contributed by atoms with Gasteiger partial charge in [-0.2, -0.15) is 0 Å². The first-order chi connectivity index (χ1) is 6.20. The zero-order chi connectivity index (χ0) is 9.42. The topological polar surface area (TPSA) is 54.7 Å². The molecule has 0 bridgehead atoms. The largest absolute Gasteiger partial charge is 0.357 e. The molecular weight excluding hydrogens is 162 g/mol. The van der Waals surface area contributed by atoms with E-state index >= 15 is 0 Å². The van der Waals surface area contributed by atoms with Crippen molar-refractivity contribution < 1.29 is 0 Å². The number of hydrogen-bond acceptors (Lipinski definition) is 2. The number of aromatic amines is 1.